The minimum absolute atomic E-state index is 0.106. The van der Waals surface area contributed by atoms with Gasteiger partial charge < -0.3 is 14.7 Å². The lowest BCUT2D eigenvalue weighted by Gasteiger charge is -2.06. The molecule has 0 amide bonds. The van der Waals surface area contributed by atoms with Gasteiger partial charge in [0, 0.05) is 28.3 Å². The number of hydrogen-bond donors (Lipinski definition) is 2. The Balaban J connectivity index is 2.06. The number of aldehydes is 1. The lowest BCUT2D eigenvalue weighted by atomic mass is 10.0. The van der Waals surface area contributed by atoms with Crippen LogP contribution >= 0.6 is 0 Å². The summed E-state index contributed by atoms with van der Waals surface area (Å²) >= 11 is 0. The quantitative estimate of drug-likeness (QED) is 0.311. The Morgan fingerprint density at radius 3 is 2.62 bits per heavy atom. The molecule has 4 rings (SSSR count). The van der Waals surface area contributed by atoms with Gasteiger partial charge in [-0.05, 0) is 55.1 Å². The molecule has 5 nitrogen and oxygen atoms in total. The van der Waals surface area contributed by atoms with Gasteiger partial charge in [0.25, 0.3) is 0 Å². The van der Waals surface area contributed by atoms with Crippen molar-refractivity contribution in [3.63, 3.8) is 0 Å². The first-order chi connectivity index (χ1) is 15.6. The minimum atomic E-state index is -0.376. The second-order valence-electron chi connectivity index (χ2n) is 7.24. The lowest BCUT2D eigenvalue weighted by molar-refractivity contribution is 0.0992. The monoisotopic (exact) mass is 428 g/mol. The maximum Gasteiger partial charge on any atom is 0.180 e. The summed E-state index contributed by atoms with van der Waals surface area (Å²) in [5.41, 5.74) is 3.86. The molecule has 2 heterocycles. The molecule has 0 unspecified atom stereocenters. The van der Waals surface area contributed by atoms with Crippen molar-refractivity contribution in [2.75, 3.05) is 13.6 Å². The van der Waals surface area contributed by atoms with Gasteiger partial charge in [0.2, 0.25) is 0 Å². The fourth-order valence-electron chi connectivity index (χ4n) is 3.54. The van der Waals surface area contributed by atoms with Gasteiger partial charge in [-0.3, -0.25) is 9.59 Å². The van der Waals surface area contributed by atoms with E-state index >= 15 is 0 Å². The first-order valence-electron chi connectivity index (χ1n) is 10.1. The number of halogens is 1. The summed E-state index contributed by atoms with van der Waals surface area (Å²) in [7, 11) is 1.69. The molecular formula is C26H21FN2O3. The highest BCUT2D eigenvalue weighted by molar-refractivity contribution is 6.02. The Hall–Kier alpha value is -4.03. The van der Waals surface area contributed by atoms with Gasteiger partial charge in [-0.2, -0.15) is 0 Å². The SMILES string of the molecule is CNCC(=O)c1ccc(-c2cccc(C=O)c2)c2[nH]ccc2coc1-c1ccc(F)cc1. The van der Waals surface area contributed by atoms with E-state index in [1.807, 2.05) is 24.3 Å². The number of carbonyl (C=O) groups is 2. The number of fused-ring (bicyclic) bond motifs is 1. The lowest BCUT2D eigenvalue weighted by Crippen LogP contribution is -2.18. The molecule has 32 heavy (non-hydrogen) atoms. The molecule has 160 valence electrons. The molecule has 0 saturated carbocycles. The van der Waals surface area contributed by atoms with E-state index in [0.717, 1.165) is 28.3 Å². The zero-order valence-electron chi connectivity index (χ0n) is 17.4. The molecule has 2 N–H and O–H groups in total. The number of aromatic amines is 1. The van der Waals surface area contributed by atoms with Crippen LogP contribution < -0.4 is 5.32 Å². The van der Waals surface area contributed by atoms with Crippen LogP contribution in [0.5, 0.6) is 0 Å². The van der Waals surface area contributed by atoms with Crippen molar-refractivity contribution in [3.8, 4) is 22.5 Å². The minimum Gasteiger partial charge on any atom is -0.463 e. The average Bonchev–Trinajstić information content (AvgIpc) is 3.28. The largest absolute Gasteiger partial charge is 0.463 e. The van der Waals surface area contributed by atoms with Gasteiger partial charge in [-0.25, -0.2) is 4.39 Å². The number of benzene rings is 2. The predicted molar refractivity (Wildman–Crippen MR) is 123 cm³/mol. The summed E-state index contributed by atoms with van der Waals surface area (Å²) in [6.45, 7) is 0.106. The van der Waals surface area contributed by atoms with Crippen LogP contribution in [0, 0.1) is 5.82 Å². The number of H-pyrrole nitrogens is 1. The van der Waals surface area contributed by atoms with E-state index in [9.17, 15) is 14.0 Å². The predicted octanol–water partition coefficient (Wildman–Crippen LogP) is 5.57. The Labute approximate surface area is 184 Å². The van der Waals surface area contributed by atoms with Crippen molar-refractivity contribution in [3.05, 3.63) is 96.1 Å². The normalized spacial score (nSPS) is 10.7. The molecule has 2 aromatic heterocycles. The second-order valence-corrected chi connectivity index (χ2v) is 7.24. The van der Waals surface area contributed by atoms with Crippen molar-refractivity contribution in [2.24, 2.45) is 0 Å². The summed E-state index contributed by atoms with van der Waals surface area (Å²) in [5, 5.41) is 3.64. The summed E-state index contributed by atoms with van der Waals surface area (Å²) in [6, 6.07) is 18.4. The maximum atomic E-state index is 13.5. The van der Waals surface area contributed by atoms with Gasteiger partial charge in [-0.1, -0.05) is 24.3 Å². The summed E-state index contributed by atoms with van der Waals surface area (Å²) in [5.74, 6) is -0.224. The molecule has 0 saturated heterocycles. The molecule has 0 fully saturated rings. The van der Waals surface area contributed by atoms with E-state index in [1.54, 1.807) is 49.8 Å². The highest BCUT2D eigenvalue weighted by Crippen LogP contribution is 2.29. The molecule has 0 bridgehead atoms. The zero-order valence-corrected chi connectivity index (χ0v) is 17.4. The molecule has 4 aromatic rings. The zero-order chi connectivity index (χ0) is 22.5. The van der Waals surface area contributed by atoms with E-state index < -0.39 is 0 Å². The molecule has 0 aliphatic carbocycles. The third-order valence-corrected chi connectivity index (χ3v) is 5.09. The number of hydrogen-bond acceptors (Lipinski definition) is 4. The van der Waals surface area contributed by atoms with E-state index in [-0.39, 0.29) is 18.1 Å². The second kappa shape index (κ2) is 9.41. The number of aromatic nitrogens is 1. The highest BCUT2D eigenvalue weighted by atomic mass is 19.1. The third-order valence-electron chi connectivity index (χ3n) is 5.09. The van der Waals surface area contributed by atoms with Gasteiger partial charge in [0.1, 0.15) is 24.1 Å². The first-order valence-corrected chi connectivity index (χ1v) is 10.1. The molecule has 0 radical (unpaired) electrons. The maximum absolute atomic E-state index is 13.5. The molecule has 0 spiro atoms. The van der Waals surface area contributed by atoms with E-state index in [0.29, 0.717) is 22.5 Å². The molecule has 0 aliphatic heterocycles. The average molecular weight is 428 g/mol. The van der Waals surface area contributed by atoms with E-state index in [1.165, 1.54) is 12.1 Å². The highest BCUT2D eigenvalue weighted by Gasteiger charge is 2.15. The van der Waals surface area contributed by atoms with Crippen molar-refractivity contribution >= 4 is 23.0 Å². The van der Waals surface area contributed by atoms with Gasteiger partial charge in [-0.15, -0.1) is 0 Å². The summed E-state index contributed by atoms with van der Waals surface area (Å²) < 4.78 is 19.5. The number of rotatable bonds is 6. The Bertz CT molecular complexity index is 1330. The third kappa shape index (κ3) is 4.36. The van der Waals surface area contributed by atoms with Crippen LogP contribution in [0.1, 0.15) is 20.7 Å². The van der Waals surface area contributed by atoms with Crippen LogP contribution in [0.4, 0.5) is 4.39 Å². The molecular weight excluding hydrogens is 407 g/mol. The van der Waals surface area contributed by atoms with E-state index in [2.05, 4.69) is 10.3 Å². The molecule has 0 aliphatic rings. The van der Waals surface area contributed by atoms with Crippen molar-refractivity contribution in [1.82, 2.24) is 10.3 Å². The van der Waals surface area contributed by atoms with Crippen molar-refractivity contribution < 1.29 is 18.4 Å². The smallest absolute Gasteiger partial charge is 0.180 e. The van der Waals surface area contributed by atoms with E-state index in [4.69, 9.17) is 4.42 Å². The van der Waals surface area contributed by atoms with Crippen LogP contribution in [-0.2, 0) is 0 Å². The van der Waals surface area contributed by atoms with Crippen LogP contribution in [0.2, 0.25) is 0 Å². The number of carbonyl (C=O) groups excluding carboxylic acids is 2. The van der Waals surface area contributed by atoms with Crippen molar-refractivity contribution in [2.45, 2.75) is 0 Å². The number of nitrogens with one attached hydrogen (secondary N) is 2. The molecule has 0 atom stereocenters. The van der Waals surface area contributed by atoms with Crippen LogP contribution in [0.15, 0.2) is 83.6 Å². The Morgan fingerprint density at radius 2 is 1.88 bits per heavy atom. The first kappa shape index (κ1) is 21.2. The van der Waals surface area contributed by atoms with Crippen LogP contribution in [0.25, 0.3) is 33.4 Å². The Kier molecular flexibility index (Phi) is 6.24. The fraction of sp³-hybridized carbons (Fsp3) is 0.0769. The summed E-state index contributed by atoms with van der Waals surface area (Å²) in [6.07, 6.45) is 4.15. The fourth-order valence-corrected chi connectivity index (χ4v) is 3.54. The molecule has 6 heteroatoms. The Morgan fingerprint density at radius 1 is 1.06 bits per heavy atom. The number of Topliss-reactive ketones (excluding diaryl/α,β-unsaturated/α-hetero) is 1. The molecule has 2 aromatic carbocycles. The van der Waals surface area contributed by atoms with Crippen LogP contribution in [-0.4, -0.2) is 30.6 Å². The summed E-state index contributed by atoms with van der Waals surface area (Å²) in [4.78, 5) is 27.5. The number of likely N-dealkylation sites (N-methyl/N-ethyl adjacent to an activating group) is 1. The van der Waals surface area contributed by atoms with Crippen LogP contribution in [0.3, 0.4) is 0 Å². The van der Waals surface area contributed by atoms with Gasteiger partial charge >= 0.3 is 0 Å². The standard InChI is InChI=1S/C26H21FN2O3/c1-28-14-24(31)23-10-9-22(19-4-2-3-17(13-19)15-30)25-20(11-12-29-25)16-32-26(23)18-5-7-21(27)8-6-18/h2-13,15-16,28-29H,14H2,1H3. The van der Waals surface area contributed by atoms with Crippen molar-refractivity contribution in [1.29, 1.82) is 0 Å². The topological polar surface area (TPSA) is 75.1 Å². The van der Waals surface area contributed by atoms with Gasteiger partial charge in [0.15, 0.2) is 5.78 Å². The van der Waals surface area contributed by atoms with Gasteiger partial charge in [0.05, 0.1) is 17.6 Å². The number of ketones is 1.